The van der Waals surface area contributed by atoms with E-state index in [1.165, 1.54) is 17.3 Å². The highest BCUT2D eigenvalue weighted by Crippen LogP contribution is 2.36. The third-order valence-corrected chi connectivity index (χ3v) is 3.94. The maximum absolute atomic E-state index is 6.36. The number of benzene rings is 2. The van der Waals surface area contributed by atoms with E-state index in [1.807, 2.05) is 24.3 Å². The summed E-state index contributed by atoms with van der Waals surface area (Å²) >= 11 is 6.36. The molecule has 0 aliphatic heterocycles. The van der Waals surface area contributed by atoms with Crippen molar-refractivity contribution >= 4 is 17.8 Å². The molecule has 3 aromatic rings. The summed E-state index contributed by atoms with van der Waals surface area (Å²) in [5.74, 6) is 2.24. The van der Waals surface area contributed by atoms with Gasteiger partial charge in [-0.2, -0.15) is 5.10 Å². The maximum atomic E-state index is 6.36. The number of aromatic nitrogens is 3. The minimum absolute atomic E-state index is 0.280. The van der Waals surface area contributed by atoms with Gasteiger partial charge in [-0.05, 0) is 29.8 Å². The van der Waals surface area contributed by atoms with Crippen LogP contribution in [-0.2, 0) is 0 Å². The van der Waals surface area contributed by atoms with Crippen molar-refractivity contribution < 1.29 is 18.9 Å². The van der Waals surface area contributed by atoms with Crippen LogP contribution in [0.3, 0.4) is 0 Å². The Hall–Kier alpha value is -3.26. The van der Waals surface area contributed by atoms with Gasteiger partial charge in [-0.1, -0.05) is 23.7 Å². The first-order chi connectivity index (χ1) is 13.7. The van der Waals surface area contributed by atoms with Crippen molar-refractivity contribution in [2.24, 2.45) is 5.10 Å². The van der Waals surface area contributed by atoms with Crippen LogP contribution in [0, 0.1) is 0 Å². The minimum Gasteiger partial charge on any atom is -0.493 e. The first kappa shape index (κ1) is 19.5. The van der Waals surface area contributed by atoms with E-state index in [0.717, 1.165) is 5.56 Å². The molecule has 9 heteroatoms. The predicted octanol–water partition coefficient (Wildman–Crippen LogP) is 3.29. The summed E-state index contributed by atoms with van der Waals surface area (Å²) in [5, 5.41) is 12.0. The van der Waals surface area contributed by atoms with E-state index >= 15 is 0 Å². The molecular weight excluding hydrogens is 384 g/mol. The summed E-state index contributed by atoms with van der Waals surface area (Å²) in [5.41, 5.74) is 0.744. The summed E-state index contributed by atoms with van der Waals surface area (Å²) in [7, 11) is 3.14. The van der Waals surface area contributed by atoms with E-state index in [2.05, 4.69) is 15.3 Å². The molecule has 28 heavy (non-hydrogen) atoms. The normalized spacial score (nSPS) is 10.8. The highest BCUT2D eigenvalue weighted by molar-refractivity contribution is 6.32. The Kier molecular flexibility index (Phi) is 6.69. The van der Waals surface area contributed by atoms with Gasteiger partial charge in [0.25, 0.3) is 0 Å². The number of para-hydroxylation sites is 2. The molecule has 0 atom stereocenters. The Labute approximate surface area is 167 Å². The van der Waals surface area contributed by atoms with Gasteiger partial charge in [-0.15, -0.1) is 10.2 Å². The van der Waals surface area contributed by atoms with Crippen molar-refractivity contribution in [2.45, 2.75) is 0 Å². The number of halogens is 1. The quantitative estimate of drug-likeness (QED) is 0.403. The van der Waals surface area contributed by atoms with Crippen LogP contribution in [0.15, 0.2) is 54.2 Å². The standard InChI is InChI=1S/C19H19ClN4O4/c1-25-16-5-3-4-6-17(16)27-7-8-28-19-15(20)9-14(10-18(19)26-2)11-23-24-12-21-22-13-24/h3-6,9-13H,7-8H2,1-2H3/b23-11-. The van der Waals surface area contributed by atoms with Crippen molar-refractivity contribution in [1.82, 2.24) is 14.9 Å². The van der Waals surface area contributed by atoms with Crippen molar-refractivity contribution in [3.63, 3.8) is 0 Å². The van der Waals surface area contributed by atoms with Crippen molar-refractivity contribution in [1.29, 1.82) is 0 Å². The number of rotatable bonds is 9. The molecule has 0 saturated heterocycles. The zero-order valence-corrected chi connectivity index (χ0v) is 16.2. The van der Waals surface area contributed by atoms with E-state index in [9.17, 15) is 0 Å². The van der Waals surface area contributed by atoms with Crippen LogP contribution in [0.5, 0.6) is 23.0 Å². The molecule has 0 saturated carbocycles. The zero-order valence-electron chi connectivity index (χ0n) is 15.4. The van der Waals surface area contributed by atoms with Gasteiger partial charge in [0, 0.05) is 0 Å². The molecule has 1 heterocycles. The Morgan fingerprint density at radius 3 is 2.36 bits per heavy atom. The van der Waals surface area contributed by atoms with Crippen LogP contribution < -0.4 is 18.9 Å². The number of methoxy groups -OCH3 is 2. The van der Waals surface area contributed by atoms with E-state index in [-0.39, 0.29) is 6.61 Å². The molecule has 146 valence electrons. The number of nitrogens with zero attached hydrogens (tertiary/aromatic N) is 4. The van der Waals surface area contributed by atoms with Crippen LogP contribution in [0.25, 0.3) is 0 Å². The smallest absolute Gasteiger partial charge is 0.179 e. The van der Waals surface area contributed by atoms with E-state index in [0.29, 0.717) is 34.6 Å². The second kappa shape index (κ2) is 9.61. The number of hydrogen-bond donors (Lipinski definition) is 0. The highest BCUT2D eigenvalue weighted by Gasteiger charge is 2.12. The van der Waals surface area contributed by atoms with E-state index in [4.69, 9.17) is 30.5 Å². The molecule has 0 N–H and O–H groups in total. The lowest BCUT2D eigenvalue weighted by Gasteiger charge is -2.14. The van der Waals surface area contributed by atoms with Crippen LogP contribution in [0.2, 0.25) is 5.02 Å². The average Bonchev–Trinajstić information content (AvgIpc) is 3.24. The van der Waals surface area contributed by atoms with Crippen molar-refractivity contribution in [3.8, 4) is 23.0 Å². The van der Waals surface area contributed by atoms with Crippen LogP contribution in [0.4, 0.5) is 0 Å². The van der Waals surface area contributed by atoms with Gasteiger partial charge in [0.05, 0.1) is 25.5 Å². The van der Waals surface area contributed by atoms with Gasteiger partial charge in [0.15, 0.2) is 23.0 Å². The van der Waals surface area contributed by atoms with E-state index < -0.39 is 0 Å². The summed E-state index contributed by atoms with van der Waals surface area (Å²) in [6.45, 7) is 0.596. The fraction of sp³-hybridized carbons (Fsp3) is 0.211. The average molecular weight is 403 g/mol. The van der Waals surface area contributed by atoms with Crippen LogP contribution >= 0.6 is 11.6 Å². The van der Waals surface area contributed by atoms with Gasteiger partial charge in [0.2, 0.25) is 0 Å². The third kappa shape index (κ3) is 4.92. The minimum atomic E-state index is 0.280. The van der Waals surface area contributed by atoms with Gasteiger partial charge in [0.1, 0.15) is 25.9 Å². The molecule has 3 rings (SSSR count). The molecule has 0 spiro atoms. The monoisotopic (exact) mass is 402 g/mol. The number of hydrogen-bond acceptors (Lipinski definition) is 7. The van der Waals surface area contributed by atoms with Crippen LogP contribution in [-0.4, -0.2) is 48.5 Å². The molecule has 0 bridgehead atoms. The first-order valence-corrected chi connectivity index (χ1v) is 8.74. The molecule has 0 unspecified atom stereocenters. The molecule has 0 amide bonds. The molecule has 8 nitrogen and oxygen atoms in total. The van der Waals surface area contributed by atoms with Crippen molar-refractivity contribution in [2.75, 3.05) is 27.4 Å². The molecular formula is C19H19ClN4O4. The lowest BCUT2D eigenvalue weighted by molar-refractivity contribution is 0.206. The largest absolute Gasteiger partial charge is 0.493 e. The molecule has 2 aromatic carbocycles. The first-order valence-electron chi connectivity index (χ1n) is 8.36. The maximum Gasteiger partial charge on any atom is 0.179 e. The molecule has 0 fully saturated rings. The summed E-state index contributed by atoms with van der Waals surface area (Å²) in [6.07, 6.45) is 4.58. The molecule has 0 aliphatic rings. The second-order valence-electron chi connectivity index (χ2n) is 5.47. The zero-order chi connectivity index (χ0) is 19.8. The Bertz CT molecular complexity index is 932. The molecule has 0 radical (unpaired) electrons. The topological polar surface area (TPSA) is 80.0 Å². The van der Waals surface area contributed by atoms with E-state index in [1.54, 1.807) is 32.6 Å². The fourth-order valence-corrected chi connectivity index (χ4v) is 2.65. The highest BCUT2D eigenvalue weighted by atomic mass is 35.5. The summed E-state index contributed by atoms with van der Waals surface area (Å²) in [4.78, 5) is 0. The van der Waals surface area contributed by atoms with Crippen molar-refractivity contribution in [3.05, 3.63) is 59.6 Å². The lowest BCUT2D eigenvalue weighted by Crippen LogP contribution is -2.10. The molecule has 1 aromatic heterocycles. The summed E-state index contributed by atoms with van der Waals surface area (Å²) < 4.78 is 23.6. The lowest BCUT2D eigenvalue weighted by atomic mass is 10.2. The third-order valence-electron chi connectivity index (χ3n) is 3.65. The van der Waals surface area contributed by atoms with Gasteiger partial charge < -0.3 is 18.9 Å². The Morgan fingerprint density at radius 1 is 0.964 bits per heavy atom. The Balaban J connectivity index is 1.63. The Morgan fingerprint density at radius 2 is 1.64 bits per heavy atom. The van der Waals surface area contributed by atoms with Gasteiger partial charge in [-0.3, -0.25) is 0 Å². The SMILES string of the molecule is COc1ccccc1OCCOc1c(Cl)cc(/C=N\n2cnnc2)cc1OC. The molecule has 0 aliphatic carbocycles. The summed E-state index contributed by atoms with van der Waals surface area (Å²) in [6, 6.07) is 10.9. The van der Waals surface area contributed by atoms with Gasteiger partial charge >= 0.3 is 0 Å². The number of ether oxygens (including phenoxy) is 4. The van der Waals surface area contributed by atoms with Gasteiger partial charge in [-0.25, -0.2) is 4.68 Å². The fourth-order valence-electron chi connectivity index (χ4n) is 2.38. The second-order valence-corrected chi connectivity index (χ2v) is 5.88. The predicted molar refractivity (Wildman–Crippen MR) is 105 cm³/mol. The van der Waals surface area contributed by atoms with Crippen LogP contribution in [0.1, 0.15) is 5.56 Å².